The van der Waals surface area contributed by atoms with E-state index in [1.54, 1.807) is 41.5 Å². The predicted octanol–water partition coefficient (Wildman–Crippen LogP) is 4.93. The van der Waals surface area contributed by atoms with Gasteiger partial charge in [0.1, 0.15) is 29.3 Å². The third-order valence-corrected chi connectivity index (χ3v) is 6.53. The van der Waals surface area contributed by atoms with Gasteiger partial charge in [0, 0.05) is 30.1 Å². The van der Waals surface area contributed by atoms with Crippen molar-refractivity contribution in [3.63, 3.8) is 0 Å². The fourth-order valence-corrected chi connectivity index (χ4v) is 4.24. The molecule has 1 aliphatic rings. The Labute approximate surface area is 264 Å². The monoisotopic (exact) mass is 641 g/mol. The minimum absolute atomic E-state index is 0.0155. The van der Waals surface area contributed by atoms with Crippen LogP contribution in [0.25, 0.3) is 0 Å². The van der Waals surface area contributed by atoms with Gasteiger partial charge in [0.05, 0.1) is 11.1 Å². The molecule has 1 saturated carbocycles. The molecular formula is C31H36FN5O9. The molecule has 1 fully saturated rings. The Balaban J connectivity index is 1.66. The first-order valence-corrected chi connectivity index (χ1v) is 14.4. The number of ether oxygens (including phenoxy) is 4. The van der Waals surface area contributed by atoms with Crippen LogP contribution in [0.1, 0.15) is 81.8 Å². The SMILES string of the molecule is CCC(=O)c1ccc(F)c(C2CC2NC(=O)Nc2ccc(C#N)cn2)c1OC(=O)OCOC(=O)[C@@H](NC(=O)OC(C)(C)C)C(C)C. The molecule has 3 rings (SSSR count). The molecule has 3 amide bonds. The number of hydrogen-bond acceptors (Lipinski definition) is 11. The molecule has 0 spiro atoms. The number of anilines is 1. The molecule has 1 aromatic carbocycles. The highest BCUT2D eigenvalue weighted by atomic mass is 19.1. The van der Waals surface area contributed by atoms with Gasteiger partial charge in [-0.1, -0.05) is 20.8 Å². The van der Waals surface area contributed by atoms with Crippen molar-refractivity contribution in [1.82, 2.24) is 15.6 Å². The van der Waals surface area contributed by atoms with E-state index in [9.17, 15) is 24.0 Å². The molecule has 3 N–H and O–H groups in total. The van der Waals surface area contributed by atoms with Gasteiger partial charge in [0.25, 0.3) is 0 Å². The highest BCUT2D eigenvalue weighted by Crippen LogP contribution is 2.47. The highest BCUT2D eigenvalue weighted by Gasteiger charge is 2.44. The molecule has 14 nitrogen and oxygen atoms in total. The minimum atomic E-state index is -1.39. The Hall–Kier alpha value is -5.26. The fourth-order valence-electron chi connectivity index (χ4n) is 4.24. The number of pyridine rings is 1. The zero-order valence-electron chi connectivity index (χ0n) is 26.3. The normalized spacial score (nSPS) is 15.9. The van der Waals surface area contributed by atoms with E-state index in [4.69, 9.17) is 24.2 Å². The number of urea groups is 1. The van der Waals surface area contributed by atoms with Crippen molar-refractivity contribution in [3.8, 4) is 11.8 Å². The maximum absolute atomic E-state index is 15.2. The average molecular weight is 642 g/mol. The molecule has 1 aromatic heterocycles. The molecule has 2 unspecified atom stereocenters. The number of hydrogen-bond donors (Lipinski definition) is 3. The van der Waals surface area contributed by atoms with Crippen molar-refractivity contribution in [2.45, 2.75) is 78.0 Å². The van der Waals surface area contributed by atoms with Crippen molar-refractivity contribution >= 4 is 35.9 Å². The van der Waals surface area contributed by atoms with E-state index in [-0.39, 0.29) is 35.5 Å². The number of alkyl carbamates (subject to hydrolysis) is 1. The van der Waals surface area contributed by atoms with Gasteiger partial charge in [-0.25, -0.2) is 28.6 Å². The van der Waals surface area contributed by atoms with E-state index in [0.717, 1.165) is 6.07 Å². The van der Waals surface area contributed by atoms with Crippen molar-refractivity contribution in [2.24, 2.45) is 5.92 Å². The lowest BCUT2D eigenvalue weighted by atomic mass is 10.00. The molecule has 0 aliphatic heterocycles. The number of carbonyl (C=O) groups is 5. The van der Waals surface area contributed by atoms with Gasteiger partial charge < -0.3 is 29.6 Å². The third kappa shape index (κ3) is 9.88. The van der Waals surface area contributed by atoms with Gasteiger partial charge in [0.2, 0.25) is 6.79 Å². The second-order valence-electron chi connectivity index (χ2n) is 11.7. The van der Waals surface area contributed by atoms with Crippen LogP contribution in [0.5, 0.6) is 5.75 Å². The first-order chi connectivity index (χ1) is 21.6. The van der Waals surface area contributed by atoms with Crippen LogP contribution in [0.3, 0.4) is 0 Å². The standard InChI is InChI=1S/C31H36FN5O9/c1-7-22(38)18-9-10-20(32)24(19-12-21(19)35-28(40)36-23-11-8-17(13-33)14-34-23)26(18)45-30(42)44-15-43-27(39)25(16(2)3)37-29(41)46-31(4,5)6/h8-11,14,16,19,21,25H,7,12,15H2,1-6H3,(H,37,41)(H2,34,35,36,40)/t19?,21?,25-/m0/s1. The zero-order valence-corrected chi connectivity index (χ0v) is 26.3. The van der Waals surface area contributed by atoms with Crippen molar-refractivity contribution in [3.05, 3.63) is 53.0 Å². The second kappa shape index (κ2) is 15.2. The Kier molecular flexibility index (Phi) is 11.6. The van der Waals surface area contributed by atoms with Gasteiger partial charge >= 0.3 is 24.2 Å². The second-order valence-corrected chi connectivity index (χ2v) is 11.7. The van der Waals surface area contributed by atoms with E-state index >= 15 is 4.39 Å². The molecule has 246 valence electrons. The summed E-state index contributed by atoms with van der Waals surface area (Å²) in [7, 11) is 0. The summed E-state index contributed by atoms with van der Waals surface area (Å²) < 4.78 is 35.5. The Morgan fingerprint density at radius 1 is 1.11 bits per heavy atom. The van der Waals surface area contributed by atoms with Crippen LogP contribution in [0.2, 0.25) is 0 Å². The lowest BCUT2D eigenvalue weighted by molar-refractivity contribution is -0.156. The molecule has 1 aliphatic carbocycles. The van der Waals surface area contributed by atoms with E-state index in [0.29, 0.717) is 5.56 Å². The molecule has 46 heavy (non-hydrogen) atoms. The van der Waals surface area contributed by atoms with E-state index in [2.05, 4.69) is 20.9 Å². The summed E-state index contributed by atoms with van der Waals surface area (Å²) in [5.41, 5.74) is -0.685. The zero-order chi connectivity index (χ0) is 34.2. The summed E-state index contributed by atoms with van der Waals surface area (Å²) in [5.74, 6) is -3.40. The summed E-state index contributed by atoms with van der Waals surface area (Å²) in [6, 6.07) is 4.73. The summed E-state index contributed by atoms with van der Waals surface area (Å²) in [5, 5.41) is 16.5. The smallest absolute Gasteiger partial charge is 0.444 e. The number of Topliss-reactive ketones (excluding diaryl/α,β-unsaturated/α-hetero) is 1. The molecule has 3 atom stereocenters. The third-order valence-electron chi connectivity index (χ3n) is 6.53. The van der Waals surface area contributed by atoms with Crippen molar-refractivity contribution in [1.29, 1.82) is 5.26 Å². The molecule has 2 aromatic rings. The Morgan fingerprint density at radius 3 is 2.41 bits per heavy atom. The molecule has 0 saturated heterocycles. The summed E-state index contributed by atoms with van der Waals surface area (Å²) in [6.07, 6.45) is -0.665. The number of nitriles is 1. The number of nitrogens with zero attached hydrogens (tertiary/aromatic N) is 2. The first kappa shape index (κ1) is 35.2. The van der Waals surface area contributed by atoms with E-state index in [1.165, 1.54) is 24.4 Å². The fraction of sp³-hybridized carbons (Fsp3) is 0.452. The summed E-state index contributed by atoms with van der Waals surface area (Å²) >= 11 is 0. The highest BCUT2D eigenvalue weighted by molar-refractivity contribution is 5.99. The number of halogens is 1. The molecule has 0 bridgehead atoms. The average Bonchev–Trinajstić information content (AvgIpc) is 3.72. The lowest BCUT2D eigenvalue weighted by Gasteiger charge is -2.24. The van der Waals surface area contributed by atoms with Crippen LogP contribution >= 0.6 is 0 Å². The summed E-state index contributed by atoms with van der Waals surface area (Å²) in [4.78, 5) is 66.5. The van der Waals surface area contributed by atoms with E-state index in [1.807, 2.05) is 6.07 Å². The van der Waals surface area contributed by atoms with Crippen LogP contribution < -0.4 is 20.7 Å². The van der Waals surface area contributed by atoms with Gasteiger partial charge in [-0.2, -0.15) is 5.26 Å². The first-order valence-electron chi connectivity index (χ1n) is 14.4. The van der Waals surface area contributed by atoms with Crippen LogP contribution in [0.15, 0.2) is 30.5 Å². The van der Waals surface area contributed by atoms with Crippen LogP contribution in [0.4, 0.5) is 24.6 Å². The van der Waals surface area contributed by atoms with Crippen molar-refractivity contribution in [2.75, 3.05) is 12.1 Å². The number of aromatic nitrogens is 1. The Bertz CT molecular complexity index is 1520. The van der Waals surface area contributed by atoms with Gasteiger partial charge in [-0.3, -0.25) is 10.1 Å². The summed E-state index contributed by atoms with van der Waals surface area (Å²) in [6.45, 7) is 8.96. The van der Waals surface area contributed by atoms with Gasteiger partial charge in [-0.15, -0.1) is 0 Å². The number of benzene rings is 1. The number of nitrogens with one attached hydrogen (secondary N) is 3. The van der Waals surface area contributed by atoms with E-state index < -0.39 is 72.2 Å². The minimum Gasteiger partial charge on any atom is -0.444 e. The van der Waals surface area contributed by atoms with Gasteiger partial charge in [0.15, 0.2) is 11.5 Å². The lowest BCUT2D eigenvalue weighted by Crippen LogP contribution is -2.47. The largest absolute Gasteiger partial charge is 0.516 e. The topological polar surface area (TPSA) is 195 Å². The number of ketones is 1. The van der Waals surface area contributed by atoms with Crippen LogP contribution in [0, 0.1) is 23.1 Å². The quantitative estimate of drug-likeness (QED) is 0.130. The van der Waals surface area contributed by atoms with Crippen LogP contribution in [-0.4, -0.2) is 59.5 Å². The number of rotatable bonds is 11. The number of esters is 1. The molecule has 15 heteroatoms. The van der Waals surface area contributed by atoms with Crippen molar-refractivity contribution < 1.29 is 47.3 Å². The molecule has 1 heterocycles. The maximum Gasteiger partial charge on any atom is 0.516 e. The predicted molar refractivity (Wildman–Crippen MR) is 159 cm³/mol. The number of carbonyl (C=O) groups excluding carboxylic acids is 5. The van der Waals surface area contributed by atoms with Crippen LogP contribution in [-0.2, 0) is 19.0 Å². The van der Waals surface area contributed by atoms with Gasteiger partial charge in [-0.05, 0) is 57.4 Å². The maximum atomic E-state index is 15.2. The Morgan fingerprint density at radius 2 is 1.83 bits per heavy atom. The molecular weight excluding hydrogens is 605 g/mol. The molecule has 0 radical (unpaired) electrons. The number of amides is 3.